The van der Waals surface area contributed by atoms with Crippen molar-refractivity contribution in [2.24, 2.45) is 22.7 Å². The van der Waals surface area contributed by atoms with Gasteiger partial charge in [-0.3, -0.25) is 0 Å². The summed E-state index contributed by atoms with van der Waals surface area (Å²) in [5.74, 6) is 2.23. The van der Waals surface area contributed by atoms with Gasteiger partial charge >= 0.3 is 0 Å². The molecule has 0 heterocycles. The summed E-state index contributed by atoms with van der Waals surface area (Å²) in [6, 6.07) is 0. The molecule has 4 atom stereocenters. The fourth-order valence-electron chi connectivity index (χ4n) is 5.52. The second-order valence-electron chi connectivity index (χ2n) is 5.99. The largest absolute Gasteiger partial charge is 0.0648 e. The van der Waals surface area contributed by atoms with Crippen LogP contribution in [0.5, 0.6) is 0 Å². The fourth-order valence-corrected chi connectivity index (χ4v) is 5.52. The highest BCUT2D eigenvalue weighted by molar-refractivity contribution is 5.14. The average Bonchev–Trinajstić information content (AvgIpc) is 2.72. The summed E-state index contributed by atoms with van der Waals surface area (Å²) < 4.78 is 0. The zero-order valence-electron chi connectivity index (χ0n) is 9.10. The van der Waals surface area contributed by atoms with Crippen LogP contribution >= 0.6 is 0 Å². The molecule has 3 saturated carbocycles. The summed E-state index contributed by atoms with van der Waals surface area (Å²) >= 11 is 0. The Kier molecular flexibility index (Phi) is 1.49. The summed E-state index contributed by atoms with van der Waals surface area (Å²) in [6.45, 7) is 5.07. The van der Waals surface area contributed by atoms with Crippen LogP contribution in [0, 0.1) is 22.7 Å². The second kappa shape index (κ2) is 2.32. The molecule has 0 N–H and O–H groups in total. The molecule has 74 valence electrons. The van der Waals surface area contributed by atoms with Gasteiger partial charge in [-0.1, -0.05) is 20.3 Å². The van der Waals surface area contributed by atoms with Crippen molar-refractivity contribution in [2.75, 3.05) is 0 Å². The molecule has 0 heteroatoms. The van der Waals surface area contributed by atoms with Gasteiger partial charge in [-0.05, 0) is 61.2 Å². The lowest BCUT2D eigenvalue weighted by atomic mass is 9.58. The summed E-state index contributed by atoms with van der Waals surface area (Å²) in [4.78, 5) is 0. The molecule has 2 bridgehead atoms. The molecule has 13 heavy (non-hydrogen) atoms. The third-order valence-corrected chi connectivity index (χ3v) is 6.20. The summed E-state index contributed by atoms with van der Waals surface area (Å²) in [6.07, 6.45) is 10.8. The maximum absolute atomic E-state index is 2.62. The zero-order chi connectivity index (χ0) is 9.10. The van der Waals surface area contributed by atoms with Crippen molar-refractivity contribution in [3.05, 3.63) is 0 Å². The molecule has 0 aliphatic heterocycles. The third-order valence-electron chi connectivity index (χ3n) is 6.20. The van der Waals surface area contributed by atoms with Gasteiger partial charge in [-0.2, -0.15) is 0 Å². The minimum Gasteiger partial charge on any atom is -0.0648 e. The van der Waals surface area contributed by atoms with Gasteiger partial charge in [0.2, 0.25) is 0 Å². The Hall–Kier alpha value is 0. The Morgan fingerprint density at radius 1 is 1.15 bits per heavy atom. The monoisotopic (exact) mass is 178 g/mol. The molecular formula is C13H22. The van der Waals surface area contributed by atoms with Crippen molar-refractivity contribution in [1.82, 2.24) is 0 Å². The molecule has 3 fully saturated rings. The molecule has 0 spiro atoms. The van der Waals surface area contributed by atoms with Crippen LogP contribution < -0.4 is 0 Å². The predicted molar refractivity (Wildman–Crippen MR) is 55.5 cm³/mol. The van der Waals surface area contributed by atoms with E-state index in [1.807, 2.05) is 0 Å². The van der Waals surface area contributed by atoms with Crippen molar-refractivity contribution in [2.45, 2.75) is 58.8 Å². The van der Waals surface area contributed by atoms with E-state index < -0.39 is 0 Å². The smallest absolute Gasteiger partial charge is 0.0215 e. The van der Waals surface area contributed by atoms with E-state index in [2.05, 4.69) is 13.8 Å². The van der Waals surface area contributed by atoms with Gasteiger partial charge in [0.1, 0.15) is 0 Å². The van der Waals surface area contributed by atoms with E-state index in [-0.39, 0.29) is 0 Å². The molecule has 3 rings (SSSR count). The first kappa shape index (κ1) is 8.32. The molecule has 0 amide bonds. The molecule has 3 aliphatic carbocycles. The van der Waals surface area contributed by atoms with Crippen molar-refractivity contribution in [3.63, 3.8) is 0 Å². The maximum Gasteiger partial charge on any atom is -0.0215 e. The second-order valence-corrected chi connectivity index (χ2v) is 5.99. The Balaban J connectivity index is 2.07. The quantitative estimate of drug-likeness (QED) is 0.569. The molecule has 0 aromatic carbocycles. The molecule has 0 saturated heterocycles. The lowest BCUT2D eigenvalue weighted by molar-refractivity contribution is 0.0174. The topological polar surface area (TPSA) is 0 Å². The molecule has 4 unspecified atom stereocenters. The van der Waals surface area contributed by atoms with Crippen LogP contribution in [-0.4, -0.2) is 0 Å². The Morgan fingerprint density at radius 2 is 1.92 bits per heavy atom. The highest BCUT2D eigenvalue weighted by Crippen LogP contribution is 2.74. The summed E-state index contributed by atoms with van der Waals surface area (Å²) in [5, 5.41) is 0. The Labute approximate surface area is 82.1 Å². The van der Waals surface area contributed by atoms with Crippen LogP contribution in [0.25, 0.3) is 0 Å². The van der Waals surface area contributed by atoms with E-state index >= 15 is 0 Å². The van der Waals surface area contributed by atoms with Gasteiger partial charge in [0.05, 0.1) is 0 Å². The normalized spacial score (nSPS) is 58.6. The molecular weight excluding hydrogens is 156 g/mol. The zero-order valence-corrected chi connectivity index (χ0v) is 9.10. The van der Waals surface area contributed by atoms with Gasteiger partial charge in [0.15, 0.2) is 0 Å². The van der Waals surface area contributed by atoms with Crippen LogP contribution in [0.3, 0.4) is 0 Å². The minimum absolute atomic E-state index is 0.769. The van der Waals surface area contributed by atoms with E-state index in [1.165, 1.54) is 12.8 Å². The molecule has 0 aromatic heterocycles. The predicted octanol–water partition coefficient (Wildman–Crippen LogP) is 4.00. The van der Waals surface area contributed by atoms with E-state index in [9.17, 15) is 0 Å². The first-order valence-electron chi connectivity index (χ1n) is 6.23. The first-order chi connectivity index (χ1) is 6.23. The van der Waals surface area contributed by atoms with Crippen LogP contribution in [0.1, 0.15) is 58.8 Å². The van der Waals surface area contributed by atoms with Gasteiger partial charge in [0.25, 0.3) is 0 Å². The molecule has 0 nitrogen and oxygen atoms in total. The van der Waals surface area contributed by atoms with E-state index in [0.717, 1.165) is 22.7 Å². The lowest BCUT2D eigenvalue weighted by Crippen LogP contribution is -2.39. The summed E-state index contributed by atoms with van der Waals surface area (Å²) in [5.41, 5.74) is 1.57. The standard InChI is InChI=1S/C13H22/c1-3-13-8-4-7-12(13,2)10-5-6-11(13)9-10/h10-11H,3-9H2,1-2H3. The van der Waals surface area contributed by atoms with Crippen LogP contribution in [0.4, 0.5) is 0 Å². The third kappa shape index (κ3) is 0.714. The highest BCUT2D eigenvalue weighted by Gasteiger charge is 2.65. The van der Waals surface area contributed by atoms with Crippen molar-refractivity contribution < 1.29 is 0 Å². The van der Waals surface area contributed by atoms with Gasteiger partial charge in [-0.25, -0.2) is 0 Å². The number of hydrogen-bond donors (Lipinski definition) is 0. The van der Waals surface area contributed by atoms with Crippen molar-refractivity contribution >= 4 is 0 Å². The fraction of sp³-hybridized carbons (Fsp3) is 1.00. The molecule has 3 aliphatic rings. The SMILES string of the molecule is CCC12CCCC1(C)C1CCC2C1. The average molecular weight is 178 g/mol. The van der Waals surface area contributed by atoms with Gasteiger partial charge in [0, 0.05) is 0 Å². The number of fused-ring (bicyclic) bond motifs is 5. The number of hydrogen-bond acceptors (Lipinski definition) is 0. The van der Waals surface area contributed by atoms with Gasteiger partial charge in [-0.15, -0.1) is 0 Å². The van der Waals surface area contributed by atoms with E-state index in [1.54, 1.807) is 32.1 Å². The molecule has 0 aromatic rings. The Morgan fingerprint density at radius 3 is 2.62 bits per heavy atom. The first-order valence-corrected chi connectivity index (χ1v) is 6.23. The molecule has 0 radical (unpaired) electrons. The number of rotatable bonds is 1. The van der Waals surface area contributed by atoms with E-state index in [0.29, 0.717) is 0 Å². The summed E-state index contributed by atoms with van der Waals surface area (Å²) in [7, 11) is 0. The van der Waals surface area contributed by atoms with E-state index in [4.69, 9.17) is 0 Å². The van der Waals surface area contributed by atoms with Crippen LogP contribution in [-0.2, 0) is 0 Å². The highest BCUT2D eigenvalue weighted by atomic mass is 14.7. The van der Waals surface area contributed by atoms with Crippen LogP contribution in [0.15, 0.2) is 0 Å². The Bertz CT molecular complexity index is 232. The maximum atomic E-state index is 2.62. The lowest BCUT2D eigenvalue weighted by Gasteiger charge is -2.47. The van der Waals surface area contributed by atoms with Crippen LogP contribution in [0.2, 0.25) is 0 Å². The van der Waals surface area contributed by atoms with Crippen molar-refractivity contribution in [3.8, 4) is 0 Å². The minimum atomic E-state index is 0.769. The van der Waals surface area contributed by atoms with Gasteiger partial charge < -0.3 is 0 Å². The van der Waals surface area contributed by atoms with Crippen molar-refractivity contribution in [1.29, 1.82) is 0 Å².